The van der Waals surface area contributed by atoms with Crippen LogP contribution in [0.1, 0.15) is 31.6 Å². The minimum atomic E-state index is -3.39. The Labute approximate surface area is 178 Å². The van der Waals surface area contributed by atoms with Crippen molar-refractivity contribution in [3.63, 3.8) is 0 Å². The van der Waals surface area contributed by atoms with Crippen molar-refractivity contribution in [2.45, 2.75) is 37.3 Å². The van der Waals surface area contributed by atoms with Gasteiger partial charge >= 0.3 is 0 Å². The number of sulfonamides is 1. The van der Waals surface area contributed by atoms with E-state index in [9.17, 15) is 13.5 Å². The summed E-state index contributed by atoms with van der Waals surface area (Å²) in [5.74, 6) is 0.696. The quantitative estimate of drug-likeness (QED) is 0.349. The summed E-state index contributed by atoms with van der Waals surface area (Å²) in [5.41, 5.74) is -0.0478. The molecule has 0 aromatic carbocycles. The molecule has 0 spiro atoms. The Bertz CT molecular complexity index is 754. The Hall–Kier alpha value is -1.20. The van der Waals surface area contributed by atoms with E-state index in [4.69, 9.17) is 4.74 Å². The number of guanidine groups is 1. The summed E-state index contributed by atoms with van der Waals surface area (Å²) >= 11 is 1.32. The third-order valence-electron chi connectivity index (χ3n) is 5.28. The number of nitrogens with zero attached hydrogens (tertiary/aromatic N) is 2. The molecule has 1 aliphatic heterocycles. The molecule has 1 aromatic rings. The molecule has 2 heterocycles. The van der Waals surface area contributed by atoms with Crippen LogP contribution in [0, 0.1) is 5.41 Å². The molecule has 1 atom stereocenters. The summed E-state index contributed by atoms with van der Waals surface area (Å²) < 4.78 is 32.6. The summed E-state index contributed by atoms with van der Waals surface area (Å²) in [4.78, 5) is 5.27. The third kappa shape index (κ3) is 6.39. The van der Waals surface area contributed by atoms with Crippen molar-refractivity contribution in [1.82, 2.24) is 14.9 Å². The van der Waals surface area contributed by atoms with E-state index < -0.39 is 10.0 Å². The molecule has 0 aliphatic carbocycles. The van der Waals surface area contributed by atoms with Crippen LogP contribution in [0.5, 0.6) is 0 Å². The standard InChI is InChI=1S/C19H34N4O4S2/c1-4-23(5-2)29(25,26)17-7-6-16(28-17)8-11-21-18(20-3)22-14-19(9-12-24)10-13-27-15-19/h6-7,24H,4-5,8-15H2,1-3H3,(H2,20,21,22). The highest BCUT2D eigenvalue weighted by molar-refractivity contribution is 7.91. The van der Waals surface area contributed by atoms with E-state index in [0.29, 0.717) is 55.8 Å². The van der Waals surface area contributed by atoms with Gasteiger partial charge in [-0.25, -0.2) is 8.42 Å². The van der Waals surface area contributed by atoms with Crippen molar-refractivity contribution in [3.05, 3.63) is 17.0 Å². The molecule has 1 saturated heterocycles. The number of aliphatic imine (C=N–C) groups is 1. The van der Waals surface area contributed by atoms with Gasteiger partial charge in [0.05, 0.1) is 6.61 Å². The van der Waals surface area contributed by atoms with Crippen molar-refractivity contribution in [1.29, 1.82) is 0 Å². The van der Waals surface area contributed by atoms with Crippen LogP contribution >= 0.6 is 11.3 Å². The van der Waals surface area contributed by atoms with E-state index >= 15 is 0 Å². The molecule has 2 rings (SSSR count). The van der Waals surface area contributed by atoms with Crippen molar-refractivity contribution >= 4 is 27.3 Å². The monoisotopic (exact) mass is 446 g/mol. The molecule has 3 N–H and O–H groups in total. The number of thiophene rings is 1. The predicted octanol–water partition coefficient (Wildman–Crippen LogP) is 1.28. The van der Waals surface area contributed by atoms with Crippen molar-refractivity contribution in [3.8, 4) is 0 Å². The molecule has 1 aromatic heterocycles. The minimum absolute atomic E-state index is 0.0478. The van der Waals surface area contributed by atoms with Crippen LogP contribution in [0.15, 0.2) is 21.3 Å². The average Bonchev–Trinajstić information content (AvgIpc) is 3.36. The SMILES string of the molecule is CCN(CC)S(=O)(=O)c1ccc(CCNC(=NC)NCC2(CCO)CCOC2)s1. The van der Waals surface area contributed by atoms with Gasteiger partial charge < -0.3 is 20.5 Å². The lowest BCUT2D eigenvalue weighted by Crippen LogP contribution is -2.44. The lowest BCUT2D eigenvalue weighted by molar-refractivity contribution is 0.127. The zero-order valence-corrected chi connectivity index (χ0v) is 19.2. The zero-order chi connectivity index (χ0) is 21.3. The maximum atomic E-state index is 12.6. The van der Waals surface area contributed by atoms with Gasteiger partial charge in [-0.05, 0) is 31.4 Å². The molecule has 1 aliphatic rings. The van der Waals surface area contributed by atoms with Crippen LogP contribution in [0.4, 0.5) is 0 Å². The Balaban J connectivity index is 1.85. The first-order chi connectivity index (χ1) is 13.9. The second kappa shape index (κ2) is 11.3. The normalized spacial score (nSPS) is 20.4. The average molecular weight is 447 g/mol. The summed E-state index contributed by atoms with van der Waals surface area (Å²) in [5, 5.41) is 15.9. The van der Waals surface area contributed by atoms with Crippen LogP contribution in [-0.4, -0.2) is 76.8 Å². The number of ether oxygens (including phenoxy) is 1. The van der Waals surface area contributed by atoms with Crippen LogP contribution < -0.4 is 10.6 Å². The van der Waals surface area contributed by atoms with Crippen LogP contribution in [0.2, 0.25) is 0 Å². The maximum Gasteiger partial charge on any atom is 0.252 e. The molecule has 0 amide bonds. The van der Waals surface area contributed by atoms with Crippen LogP contribution in [0.25, 0.3) is 0 Å². The first kappa shape index (κ1) is 24.1. The molecular weight excluding hydrogens is 412 g/mol. The summed E-state index contributed by atoms with van der Waals surface area (Å²) in [6.07, 6.45) is 2.34. The van der Waals surface area contributed by atoms with E-state index in [2.05, 4.69) is 15.6 Å². The Morgan fingerprint density at radius 2 is 2.10 bits per heavy atom. The molecule has 1 unspecified atom stereocenters. The van der Waals surface area contributed by atoms with Gasteiger partial charge in [-0.3, -0.25) is 4.99 Å². The van der Waals surface area contributed by atoms with Crippen LogP contribution in [-0.2, 0) is 21.2 Å². The van der Waals surface area contributed by atoms with Crippen LogP contribution in [0.3, 0.4) is 0 Å². The fourth-order valence-electron chi connectivity index (χ4n) is 3.43. The van der Waals surface area contributed by atoms with Gasteiger partial charge in [-0.1, -0.05) is 13.8 Å². The Morgan fingerprint density at radius 3 is 2.69 bits per heavy atom. The second-order valence-electron chi connectivity index (χ2n) is 7.19. The molecule has 8 nitrogen and oxygen atoms in total. The van der Waals surface area contributed by atoms with Gasteiger partial charge in [0.15, 0.2) is 5.96 Å². The largest absolute Gasteiger partial charge is 0.396 e. The Morgan fingerprint density at radius 1 is 1.34 bits per heavy atom. The second-order valence-corrected chi connectivity index (χ2v) is 10.5. The smallest absolute Gasteiger partial charge is 0.252 e. The summed E-state index contributed by atoms with van der Waals surface area (Å²) in [6.45, 7) is 7.50. The molecule has 0 radical (unpaired) electrons. The fraction of sp³-hybridized carbons (Fsp3) is 0.737. The van der Waals surface area contributed by atoms with Gasteiger partial charge in [-0.15, -0.1) is 11.3 Å². The highest BCUT2D eigenvalue weighted by atomic mass is 32.2. The van der Waals surface area contributed by atoms with Gasteiger partial charge in [0, 0.05) is 56.7 Å². The lowest BCUT2D eigenvalue weighted by Gasteiger charge is -2.27. The van der Waals surface area contributed by atoms with E-state index in [0.717, 1.165) is 17.9 Å². The van der Waals surface area contributed by atoms with E-state index in [1.54, 1.807) is 13.1 Å². The third-order valence-corrected chi connectivity index (χ3v) is 8.94. The molecule has 0 bridgehead atoms. The highest BCUT2D eigenvalue weighted by Gasteiger charge is 2.34. The molecule has 10 heteroatoms. The molecule has 29 heavy (non-hydrogen) atoms. The predicted molar refractivity (Wildman–Crippen MR) is 117 cm³/mol. The zero-order valence-electron chi connectivity index (χ0n) is 17.6. The number of aliphatic hydroxyl groups excluding tert-OH is 1. The molecule has 1 fully saturated rings. The van der Waals surface area contributed by atoms with Gasteiger partial charge in [0.25, 0.3) is 10.0 Å². The van der Waals surface area contributed by atoms with Gasteiger partial charge in [0.2, 0.25) is 0 Å². The first-order valence-corrected chi connectivity index (χ1v) is 12.4. The number of aliphatic hydroxyl groups is 1. The number of nitrogens with one attached hydrogen (secondary N) is 2. The molecular formula is C19H34N4O4S2. The number of hydrogen-bond acceptors (Lipinski definition) is 6. The molecule has 166 valence electrons. The fourth-order valence-corrected chi connectivity index (χ4v) is 6.40. The summed E-state index contributed by atoms with van der Waals surface area (Å²) in [7, 11) is -1.67. The lowest BCUT2D eigenvalue weighted by atomic mass is 9.84. The summed E-state index contributed by atoms with van der Waals surface area (Å²) in [6, 6.07) is 3.57. The topological polar surface area (TPSA) is 103 Å². The van der Waals surface area contributed by atoms with Gasteiger partial charge in [0.1, 0.15) is 4.21 Å². The van der Waals surface area contributed by atoms with Crippen molar-refractivity contribution in [2.75, 3.05) is 53.0 Å². The van der Waals surface area contributed by atoms with Crippen molar-refractivity contribution < 1.29 is 18.3 Å². The van der Waals surface area contributed by atoms with E-state index in [1.165, 1.54) is 15.6 Å². The highest BCUT2D eigenvalue weighted by Crippen LogP contribution is 2.31. The number of hydrogen-bond donors (Lipinski definition) is 3. The van der Waals surface area contributed by atoms with E-state index in [1.807, 2.05) is 19.9 Å². The molecule has 0 saturated carbocycles. The maximum absolute atomic E-state index is 12.6. The minimum Gasteiger partial charge on any atom is -0.396 e. The first-order valence-electron chi connectivity index (χ1n) is 10.1. The van der Waals surface area contributed by atoms with E-state index in [-0.39, 0.29) is 12.0 Å². The van der Waals surface area contributed by atoms with Crippen molar-refractivity contribution in [2.24, 2.45) is 10.4 Å². The van der Waals surface area contributed by atoms with Gasteiger partial charge in [-0.2, -0.15) is 4.31 Å². The Kier molecular flexibility index (Phi) is 9.35. The number of rotatable bonds is 11.